The van der Waals surface area contributed by atoms with Crippen LogP contribution in [0.3, 0.4) is 0 Å². The fourth-order valence-electron chi connectivity index (χ4n) is 4.41. The molecule has 1 aromatic heterocycles. The Morgan fingerprint density at radius 2 is 1.90 bits per heavy atom. The molecule has 3 fully saturated rings. The van der Waals surface area contributed by atoms with E-state index in [4.69, 9.17) is 4.98 Å². The van der Waals surface area contributed by atoms with E-state index in [1.165, 1.54) is 12.1 Å². The number of halogens is 1. The molecule has 1 saturated heterocycles. The Bertz CT molecular complexity index is 1020. The maximum atomic E-state index is 13.4. The average Bonchev–Trinajstić information content (AvgIpc) is 3.65. The molecule has 1 aromatic carbocycles. The summed E-state index contributed by atoms with van der Waals surface area (Å²) in [5.41, 5.74) is 3.35. The van der Waals surface area contributed by atoms with Crippen molar-refractivity contribution in [1.29, 1.82) is 5.26 Å². The lowest BCUT2D eigenvalue weighted by molar-refractivity contribution is -0.134. The topological polar surface area (TPSA) is 60.2 Å². The van der Waals surface area contributed by atoms with Crippen LogP contribution in [0.15, 0.2) is 30.3 Å². The highest BCUT2D eigenvalue weighted by Gasteiger charge is 2.38. The number of pyridine rings is 1. The summed E-state index contributed by atoms with van der Waals surface area (Å²) >= 11 is 0. The summed E-state index contributed by atoms with van der Waals surface area (Å²) < 4.78 is 13.4. The Morgan fingerprint density at radius 1 is 1.17 bits per heavy atom. The van der Waals surface area contributed by atoms with Crippen LogP contribution in [-0.4, -0.2) is 41.5 Å². The first kappa shape index (κ1) is 19.0. The van der Waals surface area contributed by atoms with E-state index in [9.17, 15) is 14.4 Å². The lowest BCUT2D eigenvalue weighted by atomic mass is 9.99. The largest absolute Gasteiger partial charge is 0.352 e. The number of hydrogen-bond donors (Lipinski definition) is 0. The number of nitrogens with zero attached hydrogens (tertiary/aromatic N) is 4. The van der Waals surface area contributed by atoms with Crippen LogP contribution in [0.1, 0.15) is 49.8 Å². The molecule has 30 heavy (non-hydrogen) atoms. The summed E-state index contributed by atoms with van der Waals surface area (Å²) in [4.78, 5) is 21.7. The predicted octanol–water partition coefficient (Wildman–Crippen LogP) is 4.08. The van der Waals surface area contributed by atoms with Crippen molar-refractivity contribution in [2.24, 2.45) is 5.92 Å². The molecule has 0 spiro atoms. The summed E-state index contributed by atoms with van der Waals surface area (Å²) in [6, 6.07) is 10.7. The van der Waals surface area contributed by atoms with Gasteiger partial charge in [-0.25, -0.2) is 9.37 Å². The second-order valence-corrected chi connectivity index (χ2v) is 8.79. The van der Waals surface area contributed by atoms with Gasteiger partial charge in [0.1, 0.15) is 17.7 Å². The van der Waals surface area contributed by atoms with Crippen molar-refractivity contribution in [2.75, 3.05) is 24.5 Å². The van der Waals surface area contributed by atoms with Crippen LogP contribution in [0.25, 0.3) is 11.1 Å². The van der Waals surface area contributed by atoms with Crippen LogP contribution in [-0.2, 0) is 4.79 Å². The van der Waals surface area contributed by atoms with Crippen molar-refractivity contribution in [3.05, 3.63) is 47.4 Å². The highest BCUT2D eigenvalue weighted by Crippen LogP contribution is 2.45. The zero-order valence-electron chi connectivity index (χ0n) is 17.1. The monoisotopic (exact) mass is 404 g/mol. The van der Waals surface area contributed by atoms with Crippen LogP contribution in [0.2, 0.25) is 0 Å². The van der Waals surface area contributed by atoms with Gasteiger partial charge in [-0.05, 0) is 56.4 Å². The summed E-state index contributed by atoms with van der Waals surface area (Å²) in [5.74, 6) is 1.34. The summed E-state index contributed by atoms with van der Waals surface area (Å²) in [7, 11) is 0. The van der Waals surface area contributed by atoms with Crippen molar-refractivity contribution in [2.45, 2.75) is 44.6 Å². The minimum atomic E-state index is -0.274. The van der Waals surface area contributed by atoms with E-state index in [1.807, 2.05) is 11.0 Å². The minimum Gasteiger partial charge on any atom is -0.352 e. The maximum Gasteiger partial charge on any atom is 0.226 e. The number of piperazine rings is 1. The first-order valence-electron chi connectivity index (χ1n) is 10.8. The number of carbonyl (C=O) groups excluding carboxylic acids is 1. The number of carbonyl (C=O) groups is 1. The Morgan fingerprint density at radius 3 is 2.50 bits per heavy atom. The van der Waals surface area contributed by atoms with Crippen molar-refractivity contribution in [1.82, 2.24) is 9.88 Å². The Kier molecular flexibility index (Phi) is 4.69. The molecule has 5 rings (SSSR count). The molecule has 0 N–H and O–H groups in total. The third-order valence-electron chi connectivity index (χ3n) is 6.41. The van der Waals surface area contributed by atoms with E-state index in [2.05, 4.69) is 17.9 Å². The van der Waals surface area contributed by atoms with Crippen molar-refractivity contribution in [3.63, 3.8) is 0 Å². The zero-order chi connectivity index (χ0) is 20.8. The molecule has 0 radical (unpaired) electrons. The molecule has 2 heterocycles. The molecule has 0 unspecified atom stereocenters. The molecule has 6 heteroatoms. The van der Waals surface area contributed by atoms with Crippen LogP contribution in [0, 0.1) is 23.1 Å². The van der Waals surface area contributed by atoms with Crippen molar-refractivity contribution < 1.29 is 9.18 Å². The lowest BCUT2D eigenvalue weighted by Gasteiger charge is -2.41. The Balaban J connectivity index is 1.47. The smallest absolute Gasteiger partial charge is 0.226 e. The molecular formula is C24H25FN4O. The molecule has 3 aliphatic rings. The quantitative estimate of drug-likeness (QED) is 0.770. The van der Waals surface area contributed by atoms with Gasteiger partial charge in [-0.1, -0.05) is 12.1 Å². The standard InChI is InChI=1S/C24H25FN4O/c1-15-14-28(10-11-29(15)24(30)18-4-5-18)23-19(13-26)12-21(22(27-23)17-2-3-17)16-6-8-20(25)9-7-16/h6-9,12,15,17-18H,2-5,10-11,14H2,1H3/t15-/m1/s1. The lowest BCUT2D eigenvalue weighted by Crippen LogP contribution is -2.54. The van der Waals surface area contributed by atoms with Crippen molar-refractivity contribution >= 4 is 11.7 Å². The van der Waals surface area contributed by atoms with Gasteiger partial charge >= 0.3 is 0 Å². The van der Waals surface area contributed by atoms with E-state index >= 15 is 0 Å². The molecule has 2 aliphatic carbocycles. The molecule has 1 atom stereocenters. The number of anilines is 1. The van der Waals surface area contributed by atoms with Gasteiger partial charge in [-0.3, -0.25) is 4.79 Å². The SMILES string of the molecule is C[C@@H]1CN(c2nc(C3CC3)c(-c3ccc(F)cc3)cc2C#N)CCN1C(=O)C1CC1. The fraction of sp³-hybridized carbons (Fsp3) is 0.458. The zero-order valence-corrected chi connectivity index (χ0v) is 17.1. The number of hydrogen-bond acceptors (Lipinski definition) is 4. The molecule has 2 saturated carbocycles. The van der Waals surface area contributed by atoms with Gasteiger partial charge < -0.3 is 9.80 Å². The number of benzene rings is 1. The number of aromatic nitrogens is 1. The summed E-state index contributed by atoms with van der Waals surface area (Å²) in [6.45, 7) is 4.11. The van der Waals surface area contributed by atoms with Crippen LogP contribution in [0.4, 0.5) is 10.2 Å². The van der Waals surface area contributed by atoms with Gasteiger partial charge in [0.15, 0.2) is 0 Å². The molecule has 0 bridgehead atoms. The fourth-order valence-corrected chi connectivity index (χ4v) is 4.41. The van der Waals surface area contributed by atoms with Gasteiger partial charge in [0, 0.05) is 43.1 Å². The Hall–Kier alpha value is -2.94. The van der Waals surface area contributed by atoms with Crippen LogP contribution in [0.5, 0.6) is 0 Å². The molecule has 154 valence electrons. The highest BCUT2D eigenvalue weighted by atomic mass is 19.1. The average molecular weight is 404 g/mol. The van der Waals surface area contributed by atoms with Crippen molar-refractivity contribution in [3.8, 4) is 17.2 Å². The molecule has 1 amide bonds. The minimum absolute atomic E-state index is 0.0985. The van der Waals surface area contributed by atoms with Gasteiger partial charge in [0.25, 0.3) is 0 Å². The van der Waals surface area contributed by atoms with E-state index in [0.29, 0.717) is 31.1 Å². The Labute approximate surface area is 176 Å². The molecule has 1 aliphatic heterocycles. The second-order valence-electron chi connectivity index (χ2n) is 8.79. The summed E-state index contributed by atoms with van der Waals surface area (Å²) in [5, 5.41) is 9.86. The molecule has 2 aromatic rings. The van der Waals surface area contributed by atoms with E-state index in [0.717, 1.165) is 48.3 Å². The normalized spacial score (nSPS) is 21.4. The third kappa shape index (κ3) is 3.54. The molecular weight excluding hydrogens is 379 g/mol. The predicted molar refractivity (Wildman–Crippen MR) is 112 cm³/mol. The number of amides is 1. The highest BCUT2D eigenvalue weighted by molar-refractivity contribution is 5.81. The van der Waals surface area contributed by atoms with E-state index in [1.54, 1.807) is 12.1 Å². The number of nitriles is 1. The van der Waals surface area contributed by atoms with E-state index < -0.39 is 0 Å². The van der Waals surface area contributed by atoms with Gasteiger partial charge in [0.05, 0.1) is 11.3 Å². The molecule has 5 nitrogen and oxygen atoms in total. The maximum absolute atomic E-state index is 13.4. The van der Waals surface area contributed by atoms with Crippen LogP contribution >= 0.6 is 0 Å². The van der Waals surface area contributed by atoms with Gasteiger partial charge in [0.2, 0.25) is 5.91 Å². The third-order valence-corrected chi connectivity index (χ3v) is 6.41. The van der Waals surface area contributed by atoms with Gasteiger partial charge in [-0.2, -0.15) is 5.26 Å². The van der Waals surface area contributed by atoms with E-state index in [-0.39, 0.29) is 23.7 Å². The first-order valence-corrected chi connectivity index (χ1v) is 10.8. The van der Waals surface area contributed by atoms with Crippen LogP contribution < -0.4 is 4.90 Å². The van der Waals surface area contributed by atoms with Gasteiger partial charge in [-0.15, -0.1) is 0 Å². The number of rotatable bonds is 4. The summed E-state index contributed by atoms with van der Waals surface area (Å²) in [6.07, 6.45) is 4.21. The second kappa shape index (κ2) is 7.39. The first-order chi connectivity index (χ1) is 14.5.